The van der Waals surface area contributed by atoms with Gasteiger partial charge in [-0.25, -0.2) is 0 Å². The van der Waals surface area contributed by atoms with Crippen LogP contribution in [0.15, 0.2) is 0 Å². The number of amides is 2. The van der Waals surface area contributed by atoms with Crippen LogP contribution in [0.25, 0.3) is 0 Å². The van der Waals surface area contributed by atoms with Crippen molar-refractivity contribution >= 4 is 69.6 Å². The molecular formula is C20H42N2O6P2S4. The monoisotopic (exact) mass is 596 g/mol. The molecule has 0 unspecified atom stereocenters. The molecule has 2 amide bonds. The van der Waals surface area contributed by atoms with Crippen LogP contribution in [0.2, 0.25) is 0 Å². The van der Waals surface area contributed by atoms with Gasteiger partial charge in [0, 0.05) is 13.1 Å². The Morgan fingerprint density at radius 1 is 0.618 bits per heavy atom. The molecule has 0 rings (SSSR count). The van der Waals surface area contributed by atoms with E-state index in [1.165, 1.54) is 22.8 Å². The zero-order valence-corrected chi connectivity index (χ0v) is 25.9. The van der Waals surface area contributed by atoms with E-state index in [-0.39, 0.29) is 23.3 Å². The standard InChI is InChI=1S/C20H42N2O6P2S4/c1-5-25-29(31,26-6-2)33-17-19(23)21-15-13-11-9-10-12-14-16-22-20(24)18-34-30(32,27-7-3)28-8-4/h5-18H2,1-4H3,(H,21,23)(H,22,24). The molecule has 0 heterocycles. The Kier molecular flexibility index (Phi) is 22.3. The highest BCUT2D eigenvalue weighted by molar-refractivity contribution is 8.68. The van der Waals surface area contributed by atoms with Gasteiger partial charge in [0.1, 0.15) is 0 Å². The van der Waals surface area contributed by atoms with Crippen LogP contribution in [-0.4, -0.2) is 62.8 Å². The minimum absolute atomic E-state index is 0.0366. The number of rotatable bonds is 23. The molecule has 0 saturated heterocycles. The predicted molar refractivity (Wildman–Crippen MR) is 154 cm³/mol. The Bertz CT molecular complexity index is 587. The van der Waals surface area contributed by atoms with E-state index in [9.17, 15) is 9.59 Å². The van der Waals surface area contributed by atoms with Gasteiger partial charge in [0.05, 0.1) is 37.9 Å². The van der Waals surface area contributed by atoms with Crippen molar-refractivity contribution in [2.75, 3.05) is 51.0 Å². The summed E-state index contributed by atoms with van der Waals surface area (Å²) in [5.74, 6) is 0.443. The van der Waals surface area contributed by atoms with Crippen LogP contribution in [0.3, 0.4) is 0 Å². The highest BCUT2D eigenvalue weighted by atomic mass is 32.9. The first kappa shape index (κ1) is 34.8. The van der Waals surface area contributed by atoms with Crippen molar-refractivity contribution in [3.63, 3.8) is 0 Å². The van der Waals surface area contributed by atoms with Crippen molar-refractivity contribution in [3.8, 4) is 0 Å². The van der Waals surface area contributed by atoms with Crippen LogP contribution in [0, 0.1) is 0 Å². The van der Waals surface area contributed by atoms with Crippen molar-refractivity contribution in [1.82, 2.24) is 10.6 Å². The van der Waals surface area contributed by atoms with Crippen LogP contribution in [0.5, 0.6) is 0 Å². The van der Waals surface area contributed by atoms with E-state index in [1.807, 2.05) is 27.7 Å². The molecule has 0 radical (unpaired) electrons. The normalized spacial score (nSPS) is 12.0. The molecule has 0 bridgehead atoms. The molecule has 0 fully saturated rings. The second kappa shape index (κ2) is 21.8. The number of carbonyl (C=O) groups excluding carboxylic acids is 2. The zero-order chi connectivity index (χ0) is 25.7. The molecule has 2 N–H and O–H groups in total. The van der Waals surface area contributed by atoms with Gasteiger partial charge in [0.15, 0.2) is 0 Å². The number of unbranched alkanes of at least 4 members (excludes halogenated alkanes) is 5. The van der Waals surface area contributed by atoms with Gasteiger partial charge in [0.2, 0.25) is 23.2 Å². The third kappa shape index (κ3) is 19.0. The number of carbonyl (C=O) groups is 2. The van der Waals surface area contributed by atoms with Crippen molar-refractivity contribution in [3.05, 3.63) is 0 Å². The van der Waals surface area contributed by atoms with E-state index >= 15 is 0 Å². The maximum atomic E-state index is 12.0. The predicted octanol–water partition coefficient (Wildman–Crippen LogP) is 5.62. The molecule has 0 aliphatic carbocycles. The Morgan fingerprint density at radius 2 is 0.912 bits per heavy atom. The Morgan fingerprint density at radius 3 is 1.21 bits per heavy atom. The van der Waals surface area contributed by atoms with E-state index in [0.29, 0.717) is 39.5 Å². The summed E-state index contributed by atoms with van der Waals surface area (Å²) in [5.41, 5.74) is -4.83. The fourth-order valence-corrected chi connectivity index (χ4v) is 11.1. The van der Waals surface area contributed by atoms with Gasteiger partial charge in [-0.1, -0.05) is 48.4 Å². The number of hydrogen-bond donors (Lipinski definition) is 2. The molecule has 14 heteroatoms. The molecule has 0 aromatic rings. The van der Waals surface area contributed by atoms with Gasteiger partial charge in [-0.3, -0.25) is 9.59 Å². The van der Waals surface area contributed by atoms with E-state index in [0.717, 1.165) is 38.5 Å². The molecule has 0 aliphatic heterocycles. The van der Waals surface area contributed by atoms with Gasteiger partial charge >= 0.3 is 0 Å². The van der Waals surface area contributed by atoms with Gasteiger partial charge in [-0.15, -0.1) is 0 Å². The van der Waals surface area contributed by atoms with Crippen LogP contribution in [0.4, 0.5) is 0 Å². The van der Waals surface area contributed by atoms with Gasteiger partial charge in [0.25, 0.3) is 0 Å². The third-order valence-corrected chi connectivity index (χ3v) is 14.9. The smallest absolute Gasteiger partial charge is 0.247 e. The minimum Gasteiger partial charge on any atom is -0.355 e. The average molecular weight is 597 g/mol. The molecule has 0 aromatic carbocycles. The first-order valence-corrected chi connectivity index (χ1v) is 20.3. The summed E-state index contributed by atoms with van der Waals surface area (Å²) in [4.78, 5) is 24.0. The molecule has 0 aliphatic rings. The Labute approximate surface area is 224 Å². The summed E-state index contributed by atoms with van der Waals surface area (Å²) < 4.78 is 22.1. The molecule has 202 valence electrons. The third-order valence-electron chi connectivity index (χ3n) is 4.10. The second-order valence-corrected chi connectivity index (χ2v) is 19.6. The van der Waals surface area contributed by atoms with E-state index in [2.05, 4.69) is 10.6 Å². The number of hydrogen-bond acceptors (Lipinski definition) is 10. The fourth-order valence-electron chi connectivity index (χ4n) is 2.65. The summed E-state index contributed by atoms with van der Waals surface area (Å²) in [5, 5.41) is 5.86. The molecule has 0 atom stereocenters. The van der Waals surface area contributed by atoms with E-state index in [1.54, 1.807) is 0 Å². The summed E-state index contributed by atoms with van der Waals surface area (Å²) in [6.45, 7) is 10.7. The molecule has 34 heavy (non-hydrogen) atoms. The van der Waals surface area contributed by atoms with Crippen LogP contribution < -0.4 is 10.6 Å². The van der Waals surface area contributed by atoms with Crippen molar-refractivity contribution in [2.45, 2.75) is 66.2 Å². The van der Waals surface area contributed by atoms with Crippen molar-refractivity contribution in [1.29, 1.82) is 0 Å². The average Bonchev–Trinajstić information content (AvgIpc) is 2.78. The lowest BCUT2D eigenvalue weighted by Crippen LogP contribution is -2.26. The van der Waals surface area contributed by atoms with Crippen molar-refractivity contribution in [2.24, 2.45) is 0 Å². The molecule has 0 aromatic heterocycles. The lowest BCUT2D eigenvalue weighted by Gasteiger charge is -2.19. The quantitative estimate of drug-likeness (QED) is 0.114. The minimum atomic E-state index is -2.41. The highest BCUT2D eigenvalue weighted by Crippen LogP contribution is 2.61. The van der Waals surface area contributed by atoms with E-state index < -0.39 is 11.4 Å². The number of nitrogens with one attached hydrogen (secondary N) is 2. The first-order valence-electron chi connectivity index (χ1n) is 11.8. The second-order valence-electron chi connectivity index (χ2n) is 6.93. The molecule has 0 spiro atoms. The van der Waals surface area contributed by atoms with Gasteiger partial charge in [-0.05, 0) is 64.2 Å². The summed E-state index contributed by atoms with van der Waals surface area (Å²) in [6.07, 6.45) is 6.23. The maximum absolute atomic E-state index is 12.0. The SMILES string of the molecule is CCOP(=S)(OCC)SCC(=O)NCCCCCCCCNC(=O)CSP(=S)(OCC)OCC. The zero-order valence-electron chi connectivity index (χ0n) is 20.9. The van der Waals surface area contributed by atoms with Crippen LogP contribution in [0.1, 0.15) is 66.2 Å². The van der Waals surface area contributed by atoms with Gasteiger partial charge < -0.3 is 28.7 Å². The van der Waals surface area contributed by atoms with Gasteiger partial charge in [-0.2, -0.15) is 0 Å². The summed E-state index contributed by atoms with van der Waals surface area (Å²) in [7, 11) is 0. The summed E-state index contributed by atoms with van der Waals surface area (Å²) >= 11 is 13.4. The largest absolute Gasteiger partial charge is 0.355 e. The Balaban J connectivity index is 3.71. The Hall–Kier alpha value is 0.780. The first-order chi connectivity index (χ1) is 16.2. The van der Waals surface area contributed by atoms with Crippen LogP contribution in [-0.2, 0) is 51.3 Å². The molecular weight excluding hydrogens is 554 g/mol. The lowest BCUT2D eigenvalue weighted by molar-refractivity contribution is -0.119. The molecule has 0 saturated carbocycles. The van der Waals surface area contributed by atoms with E-state index in [4.69, 9.17) is 41.7 Å². The summed E-state index contributed by atoms with van der Waals surface area (Å²) in [6, 6.07) is 0. The van der Waals surface area contributed by atoms with Crippen molar-refractivity contribution < 1.29 is 27.7 Å². The maximum Gasteiger partial charge on any atom is 0.247 e. The fraction of sp³-hybridized carbons (Fsp3) is 0.900. The topological polar surface area (TPSA) is 95.1 Å². The molecule has 8 nitrogen and oxygen atoms in total. The highest BCUT2D eigenvalue weighted by Gasteiger charge is 2.21. The van der Waals surface area contributed by atoms with Crippen LogP contribution >= 0.6 is 34.2 Å². The lowest BCUT2D eigenvalue weighted by atomic mass is 10.1.